The summed E-state index contributed by atoms with van der Waals surface area (Å²) in [6.07, 6.45) is 2.73. The number of aryl methyl sites for hydroxylation is 1. The number of hydrogen-bond acceptors (Lipinski definition) is 5. The summed E-state index contributed by atoms with van der Waals surface area (Å²) in [6.45, 7) is 11.8. The average Bonchev–Trinajstić information content (AvgIpc) is 2.66. The van der Waals surface area contributed by atoms with Gasteiger partial charge in [0.25, 0.3) is 0 Å². The van der Waals surface area contributed by atoms with Crippen molar-refractivity contribution in [1.82, 2.24) is 14.8 Å². The Labute approximate surface area is 160 Å². The van der Waals surface area contributed by atoms with Gasteiger partial charge in [-0.2, -0.15) is 0 Å². The van der Waals surface area contributed by atoms with Crippen molar-refractivity contribution in [3.8, 4) is 5.75 Å². The first-order valence-electron chi connectivity index (χ1n) is 9.08. The molecule has 6 heteroatoms. The lowest BCUT2D eigenvalue weighted by Gasteiger charge is -2.34. The van der Waals surface area contributed by atoms with E-state index in [0.717, 1.165) is 19.6 Å². The Balaban J connectivity index is 1.54. The molecular formula is C21H26N4O2. The Morgan fingerprint density at radius 3 is 2.67 bits per heavy atom. The second-order valence-electron chi connectivity index (χ2n) is 6.92. The van der Waals surface area contributed by atoms with Crippen LogP contribution in [0.2, 0.25) is 0 Å². The number of amides is 1. The highest BCUT2D eigenvalue weighted by Crippen LogP contribution is 2.18. The van der Waals surface area contributed by atoms with Crippen molar-refractivity contribution >= 4 is 11.8 Å². The van der Waals surface area contributed by atoms with Gasteiger partial charge in [-0.15, -0.1) is 0 Å². The van der Waals surface area contributed by atoms with Crippen molar-refractivity contribution < 1.29 is 9.53 Å². The van der Waals surface area contributed by atoms with Crippen LogP contribution in [0, 0.1) is 13.8 Å². The van der Waals surface area contributed by atoms with Crippen LogP contribution in [0.3, 0.4) is 0 Å². The molecule has 0 bridgehead atoms. The van der Waals surface area contributed by atoms with Crippen molar-refractivity contribution in [2.75, 3.05) is 26.2 Å². The summed E-state index contributed by atoms with van der Waals surface area (Å²) in [5.74, 6) is 0.377. The molecule has 3 rings (SSSR count). The number of pyridine rings is 1. The lowest BCUT2D eigenvalue weighted by Crippen LogP contribution is -2.49. The standard InChI is InChI=1S/C21H26N4O2/c1-15-5-4-6-18(16(15)2)14-24-7-9-25(10-8-24)21(26)27-20-11-19(17(3)22)12-23-13-20/h4-6,11-13H,3,7-10,14,22H2,1-2H3. The van der Waals surface area contributed by atoms with Crippen molar-refractivity contribution in [2.24, 2.45) is 5.73 Å². The summed E-state index contributed by atoms with van der Waals surface area (Å²) < 4.78 is 5.44. The second-order valence-corrected chi connectivity index (χ2v) is 6.92. The maximum Gasteiger partial charge on any atom is 0.415 e. The Bertz CT molecular complexity index is 842. The molecule has 27 heavy (non-hydrogen) atoms. The Kier molecular flexibility index (Phi) is 5.76. The fraction of sp³-hybridized carbons (Fsp3) is 0.333. The third-order valence-corrected chi connectivity index (χ3v) is 5.03. The van der Waals surface area contributed by atoms with Crippen molar-refractivity contribution in [3.05, 3.63) is 65.5 Å². The highest BCUT2D eigenvalue weighted by Gasteiger charge is 2.23. The van der Waals surface area contributed by atoms with E-state index in [1.165, 1.54) is 22.9 Å². The smallest absolute Gasteiger partial charge is 0.409 e. The summed E-state index contributed by atoms with van der Waals surface area (Å²) in [5, 5.41) is 0. The molecule has 0 radical (unpaired) electrons. The Morgan fingerprint density at radius 2 is 1.96 bits per heavy atom. The minimum atomic E-state index is -0.358. The zero-order valence-corrected chi connectivity index (χ0v) is 15.9. The molecule has 0 saturated carbocycles. The van der Waals surface area contributed by atoms with Crippen molar-refractivity contribution in [3.63, 3.8) is 0 Å². The molecule has 1 aromatic heterocycles. The number of nitrogens with two attached hydrogens (primary N) is 1. The fourth-order valence-corrected chi connectivity index (χ4v) is 3.13. The molecule has 1 fully saturated rings. The number of benzene rings is 1. The quantitative estimate of drug-likeness (QED) is 0.901. The van der Waals surface area contributed by atoms with E-state index in [4.69, 9.17) is 10.5 Å². The van der Waals surface area contributed by atoms with Gasteiger partial charge < -0.3 is 15.4 Å². The molecular weight excluding hydrogens is 340 g/mol. The molecule has 1 aliphatic rings. The van der Waals surface area contributed by atoms with E-state index < -0.39 is 0 Å². The molecule has 0 unspecified atom stereocenters. The third kappa shape index (κ3) is 4.65. The molecule has 0 atom stereocenters. The summed E-state index contributed by atoms with van der Waals surface area (Å²) in [6, 6.07) is 8.08. The van der Waals surface area contributed by atoms with Crippen LogP contribution in [0.1, 0.15) is 22.3 Å². The molecule has 1 amide bonds. The zero-order valence-electron chi connectivity index (χ0n) is 15.9. The molecule has 142 valence electrons. The number of aromatic nitrogens is 1. The second kappa shape index (κ2) is 8.22. The van der Waals surface area contributed by atoms with E-state index in [1.807, 2.05) is 0 Å². The summed E-state index contributed by atoms with van der Waals surface area (Å²) in [4.78, 5) is 20.5. The van der Waals surface area contributed by atoms with Crippen LogP contribution in [0.4, 0.5) is 4.79 Å². The molecule has 2 aromatic rings. The van der Waals surface area contributed by atoms with Gasteiger partial charge in [-0.05, 0) is 36.6 Å². The van der Waals surface area contributed by atoms with Crippen LogP contribution in [-0.4, -0.2) is 47.1 Å². The normalized spacial score (nSPS) is 14.8. The summed E-state index contributed by atoms with van der Waals surface area (Å²) in [5.41, 5.74) is 10.7. The lowest BCUT2D eigenvalue weighted by molar-refractivity contribution is 0.107. The van der Waals surface area contributed by atoms with Gasteiger partial charge in [-0.3, -0.25) is 9.88 Å². The van der Waals surface area contributed by atoms with E-state index in [2.05, 4.69) is 48.5 Å². The maximum absolute atomic E-state index is 12.4. The first-order valence-corrected chi connectivity index (χ1v) is 9.08. The van der Waals surface area contributed by atoms with Crippen LogP contribution >= 0.6 is 0 Å². The number of rotatable bonds is 4. The van der Waals surface area contributed by atoms with E-state index in [-0.39, 0.29) is 6.09 Å². The Hall–Kier alpha value is -2.86. The molecule has 2 N–H and O–H groups in total. The molecule has 2 heterocycles. The average molecular weight is 366 g/mol. The first kappa shape index (κ1) is 18.9. The number of ether oxygens (including phenoxy) is 1. The molecule has 6 nitrogen and oxygen atoms in total. The maximum atomic E-state index is 12.4. The van der Waals surface area contributed by atoms with Gasteiger partial charge in [0.15, 0.2) is 5.75 Å². The predicted molar refractivity (Wildman–Crippen MR) is 106 cm³/mol. The number of carbonyl (C=O) groups excluding carboxylic acids is 1. The molecule has 1 aromatic carbocycles. The minimum Gasteiger partial charge on any atom is -0.409 e. The van der Waals surface area contributed by atoms with Crippen molar-refractivity contribution in [1.29, 1.82) is 0 Å². The van der Waals surface area contributed by atoms with Crippen molar-refractivity contribution in [2.45, 2.75) is 20.4 Å². The van der Waals surface area contributed by atoms with E-state index in [0.29, 0.717) is 30.1 Å². The summed E-state index contributed by atoms with van der Waals surface area (Å²) in [7, 11) is 0. The molecule has 0 aliphatic carbocycles. The number of hydrogen-bond donors (Lipinski definition) is 1. The van der Waals surface area contributed by atoms with Gasteiger partial charge in [0.1, 0.15) is 0 Å². The zero-order chi connectivity index (χ0) is 19.4. The number of piperazine rings is 1. The highest BCUT2D eigenvalue weighted by molar-refractivity contribution is 5.71. The molecule has 0 spiro atoms. The predicted octanol–water partition coefficient (Wildman–Crippen LogP) is 2.94. The van der Waals surface area contributed by atoms with Crippen LogP contribution in [0.5, 0.6) is 5.75 Å². The third-order valence-electron chi connectivity index (χ3n) is 5.03. The monoisotopic (exact) mass is 366 g/mol. The minimum absolute atomic E-state index is 0.358. The largest absolute Gasteiger partial charge is 0.415 e. The lowest BCUT2D eigenvalue weighted by atomic mass is 10.0. The highest BCUT2D eigenvalue weighted by atomic mass is 16.6. The summed E-state index contributed by atoms with van der Waals surface area (Å²) >= 11 is 0. The van der Waals surface area contributed by atoms with E-state index in [1.54, 1.807) is 17.2 Å². The van der Waals surface area contributed by atoms with E-state index in [9.17, 15) is 4.79 Å². The number of carbonyl (C=O) groups is 1. The molecule has 1 saturated heterocycles. The Morgan fingerprint density at radius 1 is 1.22 bits per heavy atom. The van der Waals surface area contributed by atoms with Gasteiger partial charge in [-0.25, -0.2) is 4.79 Å². The van der Waals surface area contributed by atoms with Gasteiger partial charge >= 0.3 is 6.09 Å². The van der Waals surface area contributed by atoms with Crippen LogP contribution in [0.25, 0.3) is 5.70 Å². The van der Waals surface area contributed by atoms with Gasteiger partial charge in [0, 0.05) is 50.2 Å². The van der Waals surface area contributed by atoms with Crippen LogP contribution < -0.4 is 10.5 Å². The van der Waals surface area contributed by atoms with Gasteiger partial charge in [-0.1, -0.05) is 24.8 Å². The number of nitrogens with zero attached hydrogens (tertiary/aromatic N) is 3. The topological polar surface area (TPSA) is 71.7 Å². The van der Waals surface area contributed by atoms with Crippen LogP contribution in [-0.2, 0) is 6.54 Å². The SMILES string of the molecule is C=C(N)c1cncc(OC(=O)N2CCN(Cc3cccc(C)c3C)CC2)c1. The fourth-order valence-electron chi connectivity index (χ4n) is 3.13. The molecule has 1 aliphatic heterocycles. The van der Waals surface area contributed by atoms with E-state index >= 15 is 0 Å². The van der Waals surface area contributed by atoms with Crippen LogP contribution in [0.15, 0.2) is 43.2 Å². The first-order chi connectivity index (χ1) is 12.9. The van der Waals surface area contributed by atoms with Gasteiger partial charge in [0.2, 0.25) is 0 Å². The van der Waals surface area contributed by atoms with Gasteiger partial charge in [0.05, 0.1) is 6.20 Å².